The quantitative estimate of drug-likeness (QED) is 0.209. The maximum Gasteiger partial charge on any atom is 0.133 e. The number of benzene rings is 6. The predicted molar refractivity (Wildman–Crippen MR) is 198 cm³/mol. The minimum absolute atomic E-state index is 0.0499. The van der Waals surface area contributed by atoms with Gasteiger partial charge in [0.05, 0.1) is 6.04 Å². The normalized spacial score (nSPS) is 20.6. The van der Waals surface area contributed by atoms with E-state index < -0.39 is 0 Å². The van der Waals surface area contributed by atoms with Crippen molar-refractivity contribution in [3.63, 3.8) is 0 Å². The van der Waals surface area contributed by atoms with Gasteiger partial charge in [0.2, 0.25) is 0 Å². The number of nitrogens with one attached hydrogen (secondary N) is 1. The summed E-state index contributed by atoms with van der Waals surface area (Å²) in [5.74, 6) is 2.24. The van der Waals surface area contributed by atoms with Crippen molar-refractivity contribution in [1.82, 2.24) is 5.32 Å². The van der Waals surface area contributed by atoms with E-state index in [0.717, 1.165) is 22.7 Å². The van der Waals surface area contributed by atoms with E-state index in [1.165, 1.54) is 56.5 Å². The number of rotatable bonds is 4. The Hall–Kier alpha value is -5.47. The van der Waals surface area contributed by atoms with Gasteiger partial charge in [-0.2, -0.15) is 0 Å². The molecule has 4 aliphatic rings. The van der Waals surface area contributed by atoms with Crippen molar-refractivity contribution in [3.05, 3.63) is 185 Å². The lowest BCUT2D eigenvalue weighted by Gasteiger charge is -2.25. The van der Waals surface area contributed by atoms with Gasteiger partial charge >= 0.3 is 0 Å². The summed E-state index contributed by atoms with van der Waals surface area (Å²) < 4.78 is 0. The van der Waals surface area contributed by atoms with Crippen LogP contribution in [0.3, 0.4) is 0 Å². The van der Waals surface area contributed by atoms with Crippen LogP contribution in [0.15, 0.2) is 151 Å². The Morgan fingerprint density at radius 2 is 1.23 bits per heavy atom. The molecule has 3 aliphatic carbocycles. The Bertz CT molecular complexity index is 2270. The Balaban J connectivity index is 1.06. The Kier molecular flexibility index (Phi) is 5.91. The Morgan fingerprint density at radius 1 is 0.542 bits per heavy atom. The summed E-state index contributed by atoms with van der Waals surface area (Å²) in [5, 5.41) is 3.62. The van der Waals surface area contributed by atoms with Crippen LogP contribution < -0.4 is 5.32 Å². The molecule has 10 rings (SSSR count). The number of hydrogen-bond donors (Lipinski definition) is 1. The summed E-state index contributed by atoms with van der Waals surface area (Å²) in [7, 11) is 0. The van der Waals surface area contributed by atoms with Crippen molar-refractivity contribution in [2.45, 2.75) is 43.6 Å². The molecular formula is C46H36N2. The molecule has 0 bridgehead atoms. The summed E-state index contributed by atoms with van der Waals surface area (Å²) in [6.07, 6.45) is 3.53. The molecule has 48 heavy (non-hydrogen) atoms. The third-order valence-corrected chi connectivity index (χ3v) is 11.2. The van der Waals surface area contributed by atoms with Crippen LogP contribution in [0.4, 0.5) is 0 Å². The van der Waals surface area contributed by atoms with Crippen molar-refractivity contribution in [3.8, 4) is 33.4 Å². The van der Waals surface area contributed by atoms with Gasteiger partial charge < -0.3 is 5.32 Å². The zero-order chi connectivity index (χ0) is 32.0. The lowest BCUT2D eigenvalue weighted by molar-refractivity contribution is 0.660. The molecule has 3 unspecified atom stereocenters. The van der Waals surface area contributed by atoms with Crippen molar-refractivity contribution in [1.29, 1.82) is 0 Å². The van der Waals surface area contributed by atoms with E-state index in [9.17, 15) is 0 Å². The monoisotopic (exact) mass is 616 g/mol. The molecule has 1 heterocycles. The largest absolute Gasteiger partial charge is 0.340 e. The predicted octanol–water partition coefficient (Wildman–Crippen LogP) is 11.0. The van der Waals surface area contributed by atoms with Gasteiger partial charge in [0.15, 0.2) is 0 Å². The molecular weight excluding hydrogens is 581 g/mol. The first kappa shape index (κ1) is 27.6. The SMILES string of the molecule is CC1(C)c2ccc(-c3cccc(C4C=C(c5ccccc5)NC(c5ccccc5)=N4)c3)cc2-c2cc3c(cc21)-c1ccccc1C1CC31. The summed E-state index contributed by atoms with van der Waals surface area (Å²) >= 11 is 0. The van der Waals surface area contributed by atoms with Crippen LogP contribution in [0.1, 0.15) is 77.1 Å². The van der Waals surface area contributed by atoms with Gasteiger partial charge in [-0.15, -0.1) is 0 Å². The van der Waals surface area contributed by atoms with Crippen LogP contribution in [-0.4, -0.2) is 5.84 Å². The summed E-state index contributed by atoms with van der Waals surface area (Å²) in [6.45, 7) is 4.80. The molecule has 6 aromatic rings. The van der Waals surface area contributed by atoms with Crippen molar-refractivity contribution in [2.75, 3.05) is 0 Å². The Morgan fingerprint density at radius 3 is 2.06 bits per heavy atom. The minimum Gasteiger partial charge on any atom is -0.340 e. The van der Waals surface area contributed by atoms with E-state index in [1.807, 2.05) is 6.07 Å². The molecule has 1 saturated carbocycles. The number of nitrogens with zero attached hydrogens (tertiary/aromatic N) is 1. The lowest BCUT2D eigenvalue weighted by atomic mass is 9.78. The highest BCUT2D eigenvalue weighted by Crippen LogP contribution is 2.64. The van der Waals surface area contributed by atoms with Crippen LogP contribution >= 0.6 is 0 Å². The molecule has 1 N–H and O–H groups in total. The third-order valence-electron chi connectivity index (χ3n) is 11.2. The van der Waals surface area contributed by atoms with Crippen molar-refractivity contribution in [2.24, 2.45) is 4.99 Å². The second kappa shape index (κ2) is 10.3. The molecule has 230 valence electrons. The minimum atomic E-state index is -0.105. The maximum atomic E-state index is 5.24. The van der Waals surface area contributed by atoms with Crippen LogP contribution in [0.5, 0.6) is 0 Å². The summed E-state index contributed by atoms with van der Waals surface area (Å²) in [5.41, 5.74) is 18.6. The van der Waals surface area contributed by atoms with E-state index >= 15 is 0 Å². The fraction of sp³-hybridized carbons (Fsp3) is 0.152. The Labute approximate surface area is 282 Å². The first-order chi connectivity index (χ1) is 23.5. The van der Waals surface area contributed by atoms with Gasteiger partial charge in [-0.05, 0) is 115 Å². The molecule has 1 fully saturated rings. The van der Waals surface area contributed by atoms with Crippen LogP contribution in [0.2, 0.25) is 0 Å². The highest BCUT2D eigenvalue weighted by atomic mass is 15.0. The molecule has 2 heteroatoms. The van der Waals surface area contributed by atoms with E-state index in [0.29, 0.717) is 11.8 Å². The molecule has 2 nitrogen and oxygen atoms in total. The van der Waals surface area contributed by atoms with Crippen molar-refractivity contribution < 1.29 is 0 Å². The molecule has 0 saturated heterocycles. The van der Waals surface area contributed by atoms with Gasteiger partial charge in [-0.25, -0.2) is 0 Å². The van der Waals surface area contributed by atoms with Gasteiger partial charge in [0, 0.05) is 16.7 Å². The third kappa shape index (κ3) is 4.22. The average molecular weight is 617 g/mol. The molecule has 6 aromatic carbocycles. The number of fused-ring (bicyclic) bond motifs is 9. The van der Waals surface area contributed by atoms with Gasteiger partial charge in [0.1, 0.15) is 5.84 Å². The smallest absolute Gasteiger partial charge is 0.133 e. The van der Waals surface area contributed by atoms with E-state index in [1.54, 1.807) is 11.1 Å². The number of aliphatic imine (C=N–C) groups is 1. The molecule has 3 atom stereocenters. The molecule has 1 aliphatic heterocycles. The van der Waals surface area contributed by atoms with Gasteiger partial charge in [-0.3, -0.25) is 4.99 Å². The molecule has 0 amide bonds. The van der Waals surface area contributed by atoms with Crippen LogP contribution in [0, 0.1) is 0 Å². The highest BCUT2D eigenvalue weighted by Gasteiger charge is 2.47. The van der Waals surface area contributed by atoms with Gasteiger partial charge in [-0.1, -0.05) is 129 Å². The standard InChI is InChI=1S/C46H36N2/c1-46(2)41-21-20-31(23-39(41)40-25-37-36-24-35(36)33-18-9-10-19-34(33)38(37)26-42(40)46)30-16-11-17-32(22-30)44-27-43(28-12-5-3-6-13-28)47-45(48-44)29-14-7-4-8-15-29/h3-23,25-27,35-36,44H,24H2,1-2H3,(H,47,48). The average Bonchev–Trinajstić information content (AvgIpc) is 3.93. The lowest BCUT2D eigenvalue weighted by Crippen LogP contribution is -2.27. The topological polar surface area (TPSA) is 24.4 Å². The molecule has 0 aromatic heterocycles. The summed E-state index contributed by atoms with van der Waals surface area (Å²) in [6, 6.07) is 51.2. The number of amidine groups is 1. The highest BCUT2D eigenvalue weighted by molar-refractivity contribution is 6.05. The maximum absolute atomic E-state index is 5.24. The molecule has 0 radical (unpaired) electrons. The second-order valence-corrected chi connectivity index (χ2v) is 14.4. The zero-order valence-corrected chi connectivity index (χ0v) is 27.2. The number of hydrogen-bond acceptors (Lipinski definition) is 2. The fourth-order valence-corrected chi connectivity index (χ4v) is 8.62. The summed E-state index contributed by atoms with van der Waals surface area (Å²) in [4.78, 5) is 5.24. The van der Waals surface area contributed by atoms with E-state index in [2.05, 4.69) is 159 Å². The van der Waals surface area contributed by atoms with E-state index in [4.69, 9.17) is 4.99 Å². The fourth-order valence-electron chi connectivity index (χ4n) is 8.62. The van der Waals surface area contributed by atoms with Crippen LogP contribution in [-0.2, 0) is 5.41 Å². The van der Waals surface area contributed by atoms with Crippen LogP contribution in [0.25, 0.3) is 39.1 Å². The van der Waals surface area contributed by atoms with E-state index in [-0.39, 0.29) is 11.5 Å². The van der Waals surface area contributed by atoms with Crippen molar-refractivity contribution >= 4 is 11.5 Å². The second-order valence-electron chi connectivity index (χ2n) is 14.4. The first-order valence-corrected chi connectivity index (χ1v) is 17.2. The molecule has 0 spiro atoms. The van der Waals surface area contributed by atoms with Gasteiger partial charge in [0.25, 0.3) is 0 Å². The zero-order valence-electron chi connectivity index (χ0n) is 27.2. The first-order valence-electron chi connectivity index (χ1n) is 17.2.